The van der Waals surface area contributed by atoms with Crippen molar-refractivity contribution in [2.75, 3.05) is 31.1 Å². The second-order valence-corrected chi connectivity index (χ2v) is 6.42. The number of anilines is 1. The van der Waals surface area contributed by atoms with Crippen molar-refractivity contribution in [2.24, 2.45) is 0 Å². The van der Waals surface area contributed by atoms with Crippen LogP contribution in [0, 0.1) is 6.92 Å². The van der Waals surface area contributed by atoms with E-state index in [2.05, 4.69) is 32.3 Å². The highest BCUT2D eigenvalue weighted by molar-refractivity contribution is 7.18. The summed E-state index contributed by atoms with van der Waals surface area (Å²) < 4.78 is 1.62. The van der Waals surface area contributed by atoms with Gasteiger partial charge in [-0.1, -0.05) is 29.5 Å². The molecule has 0 radical (unpaired) electrons. The molecule has 0 spiro atoms. The van der Waals surface area contributed by atoms with E-state index < -0.39 is 0 Å². The quantitative estimate of drug-likeness (QED) is 0.712. The first-order valence-corrected chi connectivity index (χ1v) is 8.32. The molecule has 7 nitrogen and oxygen atoms in total. The van der Waals surface area contributed by atoms with E-state index in [-0.39, 0.29) is 5.91 Å². The summed E-state index contributed by atoms with van der Waals surface area (Å²) in [6.07, 6.45) is 0. The third-order valence-electron chi connectivity index (χ3n) is 4.02. The summed E-state index contributed by atoms with van der Waals surface area (Å²) in [7, 11) is 0. The lowest BCUT2D eigenvalue weighted by Gasteiger charge is -2.35. The van der Waals surface area contributed by atoms with Crippen LogP contribution < -0.4 is 4.90 Å². The number of rotatable bonds is 2. The fourth-order valence-electron chi connectivity index (χ4n) is 2.74. The monoisotopic (exact) mass is 328 g/mol. The fourth-order valence-corrected chi connectivity index (χ4v) is 3.60. The lowest BCUT2D eigenvalue weighted by molar-refractivity contribution is 0.0745. The van der Waals surface area contributed by atoms with Crippen molar-refractivity contribution >= 4 is 27.9 Å². The van der Waals surface area contributed by atoms with Crippen molar-refractivity contribution < 1.29 is 4.79 Å². The number of hydrogen-bond donors (Lipinski definition) is 0. The molecule has 1 aliphatic rings. The number of hydrogen-bond acceptors (Lipinski definition) is 6. The number of para-hydroxylation sites is 1. The van der Waals surface area contributed by atoms with E-state index in [4.69, 9.17) is 0 Å². The van der Waals surface area contributed by atoms with Gasteiger partial charge >= 0.3 is 0 Å². The topological polar surface area (TPSA) is 66.6 Å². The van der Waals surface area contributed by atoms with Gasteiger partial charge in [0.05, 0.1) is 0 Å². The molecule has 1 fully saturated rings. The van der Waals surface area contributed by atoms with Crippen LogP contribution in [-0.4, -0.2) is 56.8 Å². The Hall–Kier alpha value is -2.48. The molecule has 8 heteroatoms. The zero-order chi connectivity index (χ0) is 15.8. The summed E-state index contributed by atoms with van der Waals surface area (Å²) in [5.74, 6) is 0.678. The van der Waals surface area contributed by atoms with Gasteiger partial charge in [0, 0.05) is 31.9 Å². The van der Waals surface area contributed by atoms with Crippen LogP contribution in [0.4, 0.5) is 5.69 Å². The van der Waals surface area contributed by atoms with E-state index in [1.54, 1.807) is 4.52 Å². The van der Waals surface area contributed by atoms with Crippen molar-refractivity contribution in [1.82, 2.24) is 24.7 Å². The molecule has 3 aromatic rings. The summed E-state index contributed by atoms with van der Waals surface area (Å²) in [6, 6.07) is 10.3. The Morgan fingerprint density at radius 1 is 1.09 bits per heavy atom. The summed E-state index contributed by atoms with van der Waals surface area (Å²) in [6.45, 7) is 4.89. The zero-order valence-corrected chi connectivity index (χ0v) is 13.5. The van der Waals surface area contributed by atoms with Crippen molar-refractivity contribution in [3.63, 3.8) is 0 Å². The molecule has 0 saturated carbocycles. The minimum atomic E-state index is -0.0207. The molecular formula is C15H16N6OS. The third kappa shape index (κ3) is 2.55. The van der Waals surface area contributed by atoms with Gasteiger partial charge in [0.1, 0.15) is 0 Å². The van der Waals surface area contributed by atoms with Crippen molar-refractivity contribution in [1.29, 1.82) is 0 Å². The number of amides is 1. The van der Waals surface area contributed by atoms with Gasteiger partial charge in [-0.15, -0.1) is 15.3 Å². The van der Waals surface area contributed by atoms with E-state index in [1.165, 1.54) is 17.0 Å². The minimum Gasteiger partial charge on any atom is -0.368 e. The Balaban J connectivity index is 1.46. The van der Waals surface area contributed by atoms with Crippen molar-refractivity contribution in [3.05, 3.63) is 41.2 Å². The molecule has 0 unspecified atom stereocenters. The molecule has 0 atom stereocenters. The highest BCUT2D eigenvalue weighted by Crippen LogP contribution is 2.19. The lowest BCUT2D eigenvalue weighted by Crippen LogP contribution is -2.48. The van der Waals surface area contributed by atoms with Gasteiger partial charge in [-0.3, -0.25) is 4.79 Å². The molecule has 1 aliphatic heterocycles. The number of carbonyl (C=O) groups excluding carboxylic acids is 1. The molecule has 0 N–H and O–H groups in total. The molecule has 1 amide bonds. The predicted molar refractivity (Wildman–Crippen MR) is 88.0 cm³/mol. The van der Waals surface area contributed by atoms with Crippen LogP contribution in [0.1, 0.15) is 15.6 Å². The second kappa shape index (κ2) is 5.62. The molecule has 118 valence electrons. The first kappa shape index (κ1) is 14.1. The number of aryl methyl sites for hydroxylation is 1. The first-order valence-electron chi connectivity index (χ1n) is 7.50. The van der Waals surface area contributed by atoms with Crippen LogP contribution in [0.5, 0.6) is 0 Å². The Kier molecular flexibility index (Phi) is 3.45. The zero-order valence-electron chi connectivity index (χ0n) is 12.7. The number of fused-ring (bicyclic) bond motifs is 1. The maximum absolute atomic E-state index is 12.6. The molecule has 0 aliphatic carbocycles. The van der Waals surface area contributed by atoms with E-state index in [1.807, 2.05) is 30.0 Å². The highest BCUT2D eigenvalue weighted by Gasteiger charge is 2.25. The van der Waals surface area contributed by atoms with Crippen LogP contribution in [0.2, 0.25) is 0 Å². The van der Waals surface area contributed by atoms with Crippen molar-refractivity contribution in [2.45, 2.75) is 6.92 Å². The number of carbonyl (C=O) groups is 1. The molecule has 23 heavy (non-hydrogen) atoms. The van der Waals surface area contributed by atoms with Gasteiger partial charge in [0.25, 0.3) is 5.91 Å². The van der Waals surface area contributed by atoms with E-state index >= 15 is 0 Å². The smallest absolute Gasteiger partial charge is 0.284 e. The summed E-state index contributed by atoms with van der Waals surface area (Å²) in [5.41, 5.74) is 1.20. The van der Waals surface area contributed by atoms with Crippen LogP contribution >= 0.6 is 11.3 Å². The molecular weight excluding hydrogens is 312 g/mol. The maximum atomic E-state index is 12.6. The van der Waals surface area contributed by atoms with Gasteiger partial charge < -0.3 is 9.80 Å². The normalized spacial score (nSPS) is 15.3. The molecule has 1 saturated heterocycles. The minimum absolute atomic E-state index is 0.0207. The van der Waals surface area contributed by atoms with Gasteiger partial charge in [-0.05, 0) is 19.1 Å². The van der Waals surface area contributed by atoms with E-state index in [9.17, 15) is 4.79 Å². The summed E-state index contributed by atoms with van der Waals surface area (Å²) >= 11 is 1.29. The van der Waals surface area contributed by atoms with Crippen LogP contribution in [-0.2, 0) is 0 Å². The fraction of sp³-hybridized carbons (Fsp3) is 0.333. The predicted octanol–water partition coefficient (Wildman–Crippen LogP) is 1.46. The standard InChI is InChI=1S/C15H16N6OS/c1-11-16-17-15-21(11)18-13(23-15)14(22)20-9-7-19(8-10-20)12-5-3-2-4-6-12/h2-6H,7-10H2,1H3. The largest absolute Gasteiger partial charge is 0.368 e. The Bertz CT molecular complexity index is 834. The summed E-state index contributed by atoms with van der Waals surface area (Å²) in [5, 5.41) is 12.8. The van der Waals surface area contributed by atoms with E-state index in [0.29, 0.717) is 28.9 Å². The number of benzene rings is 1. The average molecular weight is 328 g/mol. The molecule has 1 aromatic carbocycles. The Morgan fingerprint density at radius 2 is 1.83 bits per heavy atom. The average Bonchev–Trinajstić information content (AvgIpc) is 3.18. The van der Waals surface area contributed by atoms with Gasteiger partial charge in [0.15, 0.2) is 5.82 Å². The van der Waals surface area contributed by atoms with Gasteiger partial charge in [-0.2, -0.15) is 4.52 Å². The number of nitrogens with zero attached hydrogens (tertiary/aromatic N) is 6. The highest BCUT2D eigenvalue weighted by atomic mass is 32.1. The molecule has 0 bridgehead atoms. The molecule has 4 rings (SSSR count). The van der Waals surface area contributed by atoms with E-state index in [0.717, 1.165) is 13.1 Å². The Morgan fingerprint density at radius 3 is 2.52 bits per heavy atom. The maximum Gasteiger partial charge on any atom is 0.284 e. The van der Waals surface area contributed by atoms with Crippen LogP contribution in [0.25, 0.3) is 4.96 Å². The Labute approximate surface area is 137 Å². The lowest BCUT2D eigenvalue weighted by atomic mass is 10.2. The number of piperazine rings is 1. The number of aromatic nitrogens is 4. The van der Waals surface area contributed by atoms with Crippen molar-refractivity contribution in [3.8, 4) is 0 Å². The van der Waals surface area contributed by atoms with Crippen LogP contribution in [0.3, 0.4) is 0 Å². The first-order chi connectivity index (χ1) is 11.2. The molecule has 2 aromatic heterocycles. The third-order valence-corrected chi connectivity index (χ3v) is 4.90. The van der Waals surface area contributed by atoms with Gasteiger partial charge in [-0.25, -0.2) is 0 Å². The second-order valence-electron chi connectivity index (χ2n) is 5.46. The SMILES string of the molecule is Cc1nnc2sc(C(=O)N3CCN(c4ccccc4)CC3)nn12. The summed E-state index contributed by atoms with van der Waals surface area (Å²) in [4.78, 5) is 17.4. The van der Waals surface area contributed by atoms with Crippen LogP contribution in [0.15, 0.2) is 30.3 Å². The van der Waals surface area contributed by atoms with Gasteiger partial charge in [0.2, 0.25) is 9.97 Å². The molecule has 3 heterocycles.